The van der Waals surface area contributed by atoms with E-state index < -0.39 is 0 Å². The summed E-state index contributed by atoms with van der Waals surface area (Å²) in [5.41, 5.74) is 6.48. The van der Waals surface area contributed by atoms with Gasteiger partial charge in [0.05, 0.1) is 0 Å². The highest BCUT2D eigenvalue weighted by Crippen LogP contribution is 2.41. The van der Waals surface area contributed by atoms with E-state index in [-0.39, 0.29) is 5.54 Å². The number of nitrogens with zero attached hydrogens (tertiary/aromatic N) is 1. The maximum atomic E-state index is 6.20. The lowest BCUT2D eigenvalue weighted by Gasteiger charge is -2.52. The Labute approximate surface area is 108 Å². The zero-order valence-corrected chi connectivity index (χ0v) is 12.3. The Morgan fingerprint density at radius 1 is 1.29 bits per heavy atom. The minimum absolute atomic E-state index is 0.279. The number of nitrogens with two attached hydrogens (primary N) is 1. The van der Waals surface area contributed by atoms with Crippen LogP contribution in [-0.2, 0) is 0 Å². The molecule has 3 atom stereocenters. The van der Waals surface area contributed by atoms with Crippen molar-refractivity contribution in [2.24, 2.45) is 17.6 Å². The molecule has 0 radical (unpaired) electrons. The molecule has 1 rings (SSSR count). The number of rotatable bonds is 6. The first kappa shape index (κ1) is 15.0. The summed E-state index contributed by atoms with van der Waals surface area (Å²) in [4.78, 5) is 2.68. The van der Waals surface area contributed by atoms with Gasteiger partial charge in [-0.1, -0.05) is 47.0 Å². The van der Waals surface area contributed by atoms with Crippen molar-refractivity contribution >= 4 is 0 Å². The molecule has 0 aromatic carbocycles. The van der Waals surface area contributed by atoms with Gasteiger partial charge in [0.15, 0.2) is 0 Å². The largest absolute Gasteiger partial charge is 0.329 e. The Balaban J connectivity index is 2.82. The van der Waals surface area contributed by atoms with Crippen molar-refractivity contribution in [3.8, 4) is 0 Å². The molecule has 0 bridgehead atoms. The molecule has 0 amide bonds. The zero-order chi connectivity index (χ0) is 12.9. The molecule has 0 saturated heterocycles. The van der Waals surface area contributed by atoms with Crippen molar-refractivity contribution in [2.45, 2.75) is 65.3 Å². The molecule has 1 fully saturated rings. The minimum atomic E-state index is 0.279. The maximum absolute atomic E-state index is 6.20. The van der Waals surface area contributed by atoms with E-state index in [1.165, 1.54) is 38.6 Å². The van der Waals surface area contributed by atoms with Crippen LogP contribution >= 0.6 is 0 Å². The molecule has 2 nitrogen and oxygen atoms in total. The quantitative estimate of drug-likeness (QED) is 0.772. The highest BCUT2D eigenvalue weighted by atomic mass is 15.2. The lowest BCUT2D eigenvalue weighted by Crippen LogP contribution is -2.61. The molecule has 1 saturated carbocycles. The normalized spacial score (nSPS) is 34.2. The minimum Gasteiger partial charge on any atom is -0.329 e. The first-order valence-corrected chi connectivity index (χ1v) is 7.57. The van der Waals surface area contributed by atoms with Crippen molar-refractivity contribution in [3.63, 3.8) is 0 Å². The molecule has 0 aliphatic heterocycles. The topological polar surface area (TPSA) is 29.3 Å². The molecule has 2 N–H and O–H groups in total. The Morgan fingerprint density at radius 3 is 2.53 bits per heavy atom. The molecule has 1 aliphatic rings. The van der Waals surface area contributed by atoms with E-state index in [4.69, 9.17) is 5.73 Å². The van der Waals surface area contributed by atoms with Gasteiger partial charge in [0.25, 0.3) is 0 Å². The third-order valence-corrected chi connectivity index (χ3v) is 5.12. The Bertz CT molecular complexity index is 217. The van der Waals surface area contributed by atoms with E-state index in [9.17, 15) is 0 Å². The third kappa shape index (κ3) is 3.03. The number of likely N-dealkylation sites (N-methyl/N-ethyl adjacent to an activating group) is 1. The molecule has 2 heteroatoms. The van der Waals surface area contributed by atoms with Crippen LogP contribution in [0.1, 0.15) is 59.8 Å². The summed E-state index contributed by atoms with van der Waals surface area (Å²) >= 11 is 0. The van der Waals surface area contributed by atoms with Crippen LogP contribution in [-0.4, -0.2) is 30.1 Å². The summed E-state index contributed by atoms with van der Waals surface area (Å²) in [6.45, 7) is 12.6. The van der Waals surface area contributed by atoms with Gasteiger partial charge in [-0.05, 0) is 37.8 Å². The van der Waals surface area contributed by atoms with E-state index in [2.05, 4.69) is 32.6 Å². The predicted molar refractivity (Wildman–Crippen MR) is 76.1 cm³/mol. The lowest BCUT2D eigenvalue weighted by atomic mass is 9.67. The van der Waals surface area contributed by atoms with Crippen molar-refractivity contribution in [2.75, 3.05) is 19.6 Å². The standard InChI is InChI=1S/C15H32N2/c1-5-7-11-17(6-2)15(12-16)10-8-9-13(3)14(15)4/h13-14H,5-12,16H2,1-4H3. The highest BCUT2D eigenvalue weighted by Gasteiger charge is 2.43. The van der Waals surface area contributed by atoms with Gasteiger partial charge in [0, 0.05) is 12.1 Å². The van der Waals surface area contributed by atoms with Gasteiger partial charge < -0.3 is 5.73 Å². The maximum Gasteiger partial charge on any atom is 0.0359 e. The molecule has 3 unspecified atom stereocenters. The van der Waals surface area contributed by atoms with Gasteiger partial charge in [-0.25, -0.2) is 0 Å². The SMILES string of the molecule is CCCCN(CC)C1(CN)CCCC(C)C1C. The molecule has 1 aliphatic carbocycles. The molecule has 0 spiro atoms. The Kier molecular flexibility index (Phi) is 5.94. The summed E-state index contributed by atoms with van der Waals surface area (Å²) in [7, 11) is 0. The molecule has 0 aromatic rings. The second-order valence-electron chi connectivity index (χ2n) is 5.90. The van der Waals surface area contributed by atoms with Crippen molar-refractivity contribution in [1.29, 1.82) is 0 Å². The fourth-order valence-corrected chi connectivity index (χ4v) is 3.65. The Hall–Kier alpha value is -0.0800. The van der Waals surface area contributed by atoms with Crippen LogP contribution in [0.3, 0.4) is 0 Å². The molecule has 102 valence electrons. The van der Waals surface area contributed by atoms with Crippen LogP contribution in [0.2, 0.25) is 0 Å². The summed E-state index contributed by atoms with van der Waals surface area (Å²) in [6, 6.07) is 0. The fourth-order valence-electron chi connectivity index (χ4n) is 3.65. The highest BCUT2D eigenvalue weighted by molar-refractivity contribution is 5.00. The smallest absolute Gasteiger partial charge is 0.0359 e. The zero-order valence-electron chi connectivity index (χ0n) is 12.3. The molecular formula is C15H32N2. The van der Waals surface area contributed by atoms with Crippen LogP contribution in [0, 0.1) is 11.8 Å². The van der Waals surface area contributed by atoms with E-state index >= 15 is 0 Å². The average molecular weight is 240 g/mol. The summed E-state index contributed by atoms with van der Waals surface area (Å²) in [5.74, 6) is 1.56. The van der Waals surface area contributed by atoms with Gasteiger partial charge >= 0.3 is 0 Å². The molecule has 17 heavy (non-hydrogen) atoms. The van der Waals surface area contributed by atoms with Gasteiger partial charge in [-0.3, -0.25) is 4.90 Å². The van der Waals surface area contributed by atoms with Crippen LogP contribution in [0.15, 0.2) is 0 Å². The lowest BCUT2D eigenvalue weighted by molar-refractivity contribution is -0.00843. The number of unbranched alkanes of at least 4 members (excludes halogenated alkanes) is 1. The van der Waals surface area contributed by atoms with Gasteiger partial charge in [-0.2, -0.15) is 0 Å². The van der Waals surface area contributed by atoms with Crippen molar-refractivity contribution < 1.29 is 0 Å². The molecular weight excluding hydrogens is 208 g/mol. The average Bonchev–Trinajstić information content (AvgIpc) is 2.35. The fraction of sp³-hybridized carbons (Fsp3) is 1.00. The van der Waals surface area contributed by atoms with Crippen LogP contribution in [0.4, 0.5) is 0 Å². The third-order valence-electron chi connectivity index (χ3n) is 5.12. The monoisotopic (exact) mass is 240 g/mol. The van der Waals surface area contributed by atoms with E-state index in [1.807, 2.05) is 0 Å². The van der Waals surface area contributed by atoms with Crippen molar-refractivity contribution in [3.05, 3.63) is 0 Å². The molecule has 0 heterocycles. The van der Waals surface area contributed by atoms with E-state index in [0.29, 0.717) is 0 Å². The molecule has 0 aromatic heterocycles. The van der Waals surface area contributed by atoms with Gasteiger partial charge in [-0.15, -0.1) is 0 Å². The van der Waals surface area contributed by atoms with Crippen LogP contribution < -0.4 is 5.73 Å². The Morgan fingerprint density at radius 2 is 2.00 bits per heavy atom. The van der Waals surface area contributed by atoms with E-state index in [1.54, 1.807) is 0 Å². The summed E-state index contributed by atoms with van der Waals surface area (Å²) < 4.78 is 0. The number of hydrogen-bond donors (Lipinski definition) is 1. The second-order valence-corrected chi connectivity index (χ2v) is 5.90. The summed E-state index contributed by atoms with van der Waals surface area (Å²) in [5, 5.41) is 0. The van der Waals surface area contributed by atoms with Gasteiger partial charge in [0.1, 0.15) is 0 Å². The summed E-state index contributed by atoms with van der Waals surface area (Å²) in [6.07, 6.45) is 6.61. The second kappa shape index (κ2) is 6.75. The number of hydrogen-bond acceptors (Lipinski definition) is 2. The first-order chi connectivity index (χ1) is 8.12. The van der Waals surface area contributed by atoms with Gasteiger partial charge in [0.2, 0.25) is 0 Å². The van der Waals surface area contributed by atoms with E-state index in [0.717, 1.165) is 24.9 Å². The van der Waals surface area contributed by atoms with Crippen molar-refractivity contribution in [1.82, 2.24) is 4.90 Å². The van der Waals surface area contributed by atoms with Crippen LogP contribution in [0.5, 0.6) is 0 Å². The van der Waals surface area contributed by atoms with Crippen LogP contribution in [0.25, 0.3) is 0 Å². The first-order valence-electron chi connectivity index (χ1n) is 7.57. The predicted octanol–water partition coefficient (Wildman–Crippen LogP) is 3.26.